The third-order valence-electron chi connectivity index (χ3n) is 2.10. The Balaban J connectivity index is 2.23. The fourth-order valence-corrected chi connectivity index (χ4v) is 1.36. The Labute approximate surface area is 97.9 Å². The van der Waals surface area contributed by atoms with Crippen LogP contribution in [0.3, 0.4) is 0 Å². The SMILES string of the molecule is Cc1cc(NN)nc(Nc2ccc(F)cc2)n1. The van der Waals surface area contributed by atoms with Crippen LogP contribution >= 0.6 is 0 Å². The number of hydrogen-bond donors (Lipinski definition) is 3. The van der Waals surface area contributed by atoms with Crippen molar-refractivity contribution in [2.75, 3.05) is 10.7 Å². The van der Waals surface area contributed by atoms with Gasteiger partial charge in [-0.2, -0.15) is 4.98 Å². The molecule has 0 aliphatic carbocycles. The molecule has 1 aromatic carbocycles. The predicted molar refractivity (Wildman–Crippen MR) is 64.3 cm³/mol. The van der Waals surface area contributed by atoms with Crippen molar-refractivity contribution in [2.24, 2.45) is 5.84 Å². The summed E-state index contributed by atoms with van der Waals surface area (Å²) in [7, 11) is 0. The molecule has 0 aliphatic rings. The van der Waals surface area contributed by atoms with Gasteiger partial charge in [-0.3, -0.25) is 0 Å². The van der Waals surface area contributed by atoms with Crippen molar-refractivity contribution < 1.29 is 4.39 Å². The fourth-order valence-electron chi connectivity index (χ4n) is 1.36. The molecule has 0 aliphatic heterocycles. The first-order valence-electron chi connectivity index (χ1n) is 5.02. The van der Waals surface area contributed by atoms with Gasteiger partial charge >= 0.3 is 0 Å². The zero-order valence-corrected chi connectivity index (χ0v) is 9.24. The van der Waals surface area contributed by atoms with Gasteiger partial charge in [0.15, 0.2) is 0 Å². The summed E-state index contributed by atoms with van der Waals surface area (Å²) in [4.78, 5) is 8.31. The summed E-state index contributed by atoms with van der Waals surface area (Å²) in [6, 6.07) is 7.66. The molecule has 2 rings (SSSR count). The molecule has 0 fully saturated rings. The zero-order chi connectivity index (χ0) is 12.3. The van der Waals surface area contributed by atoms with E-state index in [2.05, 4.69) is 20.7 Å². The summed E-state index contributed by atoms with van der Waals surface area (Å²) in [6.45, 7) is 1.83. The summed E-state index contributed by atoms with van der Waals surface area (Å²) in [5, 5.41) is 2.96. The molecule has 17 heavy (non-hydrogen) atoms. The molecular formula is C11H12FN5. The van der Waals surface area contributed by atoms with E-state index in [4.69, 9.17) is 5.84 Å². The lowest BCUT2D eigenvalue weighted by molar-refractivity contribution is 0.628. The van der Waals surface area contributed by atoms with Crippen LogP contribution < -0.4 is 16.6 Å². The first kappa shape index (κ1) is 11.3. The lowest BCUT2D eigenvalue weighted by Crippen LogP contribution is -2.10. The summed E-state index contributed by atoms with van der Waals surface area (Å²) < 4.78 is 12.7. The summed E-state index contributed by atoms with van der Waals surface area (Å²) in [6.07, 6.45) is 0. The number of aryl methyl sites for hydroxylation is 1. The van der Waals surface area contributed by atoms with Gasteiger partial charge in [0, 0.05) is 17.4 Å². The number of hydrogen-bond acceptors (Lipinski definition) is 5. The number of nitrogens with one attached hydrogen (secondary N) is 2. The maximum atomic E-state index is 12.7. The van der Waals surface area contributed by atoms with Gasteiger partial charge in [-0.25, -0.2) is 15.2 Å². The number of anilines is 3. The summed E-state index contributed by atoms with van der Waals surface area (Å²) in [5.41, 5.74) is 3.94. The van der Waals surface area contributed by atoms with Crippen molar-refractivity contribution in [3.05, 3.63) is 41.8 Å². The van der Waals surface area contributed by atoms with Crippen LogP contribution in [0.4, 0.5) is 21.8 Å². The van der Waals surface area contributed by atoms with E-state index in [1.165, 1.54) is 12.1 Å². The summed E-state index contributed by atoms with van der Waals surface area (Å²) in [5.74, 6) is 5.92. The van der Waals surface area contributed by atoms with E-state index in [0.29, 0.717) is 17.5 Å². The number of benzene rings is 1. The average Bonchev–Trinajstić information content (AvgIpc) is 2.31. The van der Waals surface area contributed by atoms with E-state index in [0.717, 1.165) is 5.69 Å². The third kappa shape index (κ3) is 2.88. The van der Waals surface area contributed by atoms with Crippen molar-refractivity contribution in [3.8, 4) is 0 Å². The maximum absolute atomic E-state index is 12.7. The normalized spacial score (nSPS) is 10.1. The van der Waals surface area contributed by atoms with E-state index < -0.39 is 0 Å². The van der Waals surface area contributed by atoms with Crippen LogP contribution in [-0.2, 0) is 0 Å². The fraction of sp³-hybridized carbons (Fsp3) is 0.0909. The van der Waals surface area contributed by atoms with Crippen LogP contribution in [0.1, 0.15) is 5.69 Å². The second-order valence-electron chi connectivity index (χ2n) is 3.49. The Hall–Kier alpha value is -2.21. The number of hydrazine groups is 1. The molecule has 0 radical (unpaired) electrons. The van der Waals surface area contributed by atoms with Gasteiger partial charge in [-0.1, -0.05) is 0 Å². The molecule has 5 nitrogen and oxygen atoms in total. The molecule has 0 amide bonds. The van der Waals surface area contributed by atoms with Gasteiger partial charge in [-0.05, 0) is 31.2 Å². The highest BCUT2D eigenvalue weighted by molar-refractivity contribution is 5.54. The van der Waals surface area contributed by atoms with E-state index >= 15 is 0 Å². The Bertz CT molecular complexity index is 512. The zero-order valence-electron chi connectivity index (χ0n) is 9.24. The summed E-state index contributed by atoms with van der Waals surface area (Å²) >= 11 is 0. The number of aromatic nitrogens is 2. The number of nitrogens with two attached hydrogens (primary N) is 1. The molecule has 0 saturated carbocycles. The maximum Gasteiger partial charge on any atom is 0.229 e. The quantitative estimate of drug-likeness (QED) is 0.558. The van der Waals surface area contributed by atoms with Crippen LogP contribution in [0, 0.1) is 12.7 Å². The lowest BCUT2D eigenvalue weighted by atomic mass is 10.3. The monoisotopic (exact) mass is 233 g/mol. The van der Waals surface area contributed by atoms with Gasteiger partial charge < -0.3 is 10.7 Å². The molecule has 1 aromatic heterocycles. The van der Waals surface area contributed by atoms with E-state index in [9.17, 15) is 4.39 Å². The smallest absolute Gasteiger partial charge is 0.229 e. The van der Waals surface area contributed by atoms with Crippen molar-refractivity contribution in [3.63, 3.8) is 0 Å². The van der Waals surface area contributed by atoms with Crippen molar-refractivity contribution in [1.29, 1.82) is 0 Å². The number of halogens is 1. The largest absolute Gasteiger partial charge is 0.324 e. The van der Waals surface area contributed by atoms with Crippen molar-refractivity contribution in [1.82, 2.24) is 9.97 Å². The second-order valence-corrected chi connectivity index (χ2v) is 3.49. The van der Waals surface area contributed by atoms with E-state index in [-0.39, 0.29) is 5.82 Å². The predicted octanol–water partition coefficient (Wildman–Crippen LogP) is 1.95. The highest BCUT2D eigenvalue weighted by Crippen LogP contribution is 2.15. The molecule has 0 atom stereocenters. The molecule has 0 saturated heterocycles. The first-order chi connectivity index (χ1) is 8.17. The number of nitrogen functional groups attached to an aromatic ring is 1. The van der Waals surface area contributed by atoms with Crippen molar-refractivity contribution >= 4 is 17.5 Å². The highest BCUT2D eigenvalue weighted by Gasteiger charge is 2.01. The first-order valence-corrected chi connectivity index (χ1v) is 5.02. The van der Waals surface area contributed by atoms with Gasteiger partial charge in [0.1, 0.15) is 11.6 Å². The molecule has 0 bridgehead atoms. The molecule has 2 aromatic rings. The minimum absolute atomic E-state index is 0.287. The Morgan fingerprint density at radius 2 is 1.88 bits per heavy atom. The van der Waals surface area contributed by atoms with Gasteiger partial charge in [-0.15, -0.1) is 0 Å². The number of rotatable bonds is 3. The van der Waals surface area contributed by atoms with Gasteiger partial charge in [0.05, 0.1) is 0 Å². The third-order valence-corrected chi connectivity index (χ3v) is 2.10. The molecule has 1 heterocycles. The van der Waals surface area contributed by atoms with Crippen LogP contribution in [0.25, 0.3) is 0 Å². The Morgan fingerprint density at radius 3 is 2.53 bits per heavy atom. The Morgan fingerprint density at radius 1 is 1.18 bits per heavy atom. The second kappa shape index (κ2) is 4.75. The molecular weight excluding hydrogens is 221 g/mol. The molecule has 4 N–H and O–H groups in total. The van der Waals surface area contributed by atoms with Gasteiger partial charge in [0.25, 0.3) is 0 Å². The molecule has 6 heteroatoms. The van der Waals surface area contributed by atoms with Crippen LogP contribution in [0.15, 0.2) is 30.3 Å². The Kier molecular flexibility index (Phi) is 3.15. The minimum Gasteiger partial charge on any atom is -0.324 e. The van der Waals surface area contributed by atoms with Crippen LogP contribution in [-0.4, -0.2) is 9.97 Å². The van der Waals surface area contributed by atoms with Gasteiger partial charge in [0.2, 0.25) is 5.95 Å². The lowest BCUT2D eigenvalue weighted by Gasteiger charge is -2.07. The number of nitrogens with zero attached hydrogens (tertiary/aromatic N) is 2. The molecule has 88 valence electrons. The standard InChI is InChI=1S/C11H12FN5/c1-7-6-10(17-13)16-11(14-7)15-9-4-2-8(12)3-5-9/h2-6H,13H2,1H3,(H2,14,15,16,17). The highest BCUT2D eigenvalue weighted by atomic mass is 19.1. The molecule has 0 unspecified atom stereocenters. The van der Waals surface area contributed by atoms with E-state index in [1.54, 1.807) is 18.2 Å². The molecule has 0 spiro atoms. The van der Waals surface area contributed by atoms with E-state index in [1.807, 2.05) is 6.92 Å². The topological polar surface area (TPSA) is 75.9 Å². The van der Waals surface area contributed by atoms with Crippen molar-refractivity contribution in [2.45, 2.75) is 6.92 Å². The van der Waals surface area contributed by atoms with Crippen LogP contribution in [0.5, 0.6) is 0 Å². The van der Waals surface area contributed by atoms with Crippen LogP contribution in [0.2, 0.25) is 0 Å². The average molecular weight is 233 g/mol. The minimum atomic E-state index is -0.287.